The molecule has 0 radical (unpaired) electrons. The molecule has 3 unspecified atom stereocenters. The van der Waals surface area contributed by atoms with Crippen LogP contribution in [0.3, 0.4) is 0 Å². The second kappa shape index (κ2) is 5.92. The number of rotatable bonds is 3. The lowest BCUT2D eigenvalue weighted by Gasteiger charge is -2.44. The van der Waals surface area contributed by atoms with Gasteiger partial charge in [-0.15, -0.1) is 0 Å². The SMILES string of the molecule is O=C1NC(c2ccco2)C(C(=O)c2ccccc2)C(O)(C(F)(F)F)N1. The molecule has 1 fully saturated rings. The number of hydrogen-bond donors (Lipinski definition) is 3. The highest BCUT2D eigenvalue weighted by atomic mass is 19.4. The first-order valence-electron chi connectivity index (χ1n) is 7.24. The minimum atomic E-state index is -5.29. The van der Waals surface area contributed by atoms with E-state index in [9.17, 15) is 27.9 Å². The molecule has 1 aliphatic rings. The predicted octanol–water partition coefficient (Wildman–Crippen LogP) is 2.38. The molecular weight excluding hydrogens is 341 g/mol. The van der Waals surface area contributed by atoms with E-state index in [1.54, 1.807) is 6.07 Å². The van der Waals surface area contributed by atoms with Crippen LogP contribution in [0.15, 0.2) is 53.1 Å². The van der Waals surface area contributed by atoms with E-state index in [-0.39, 0.29) is 11.3 Å². The van der Waals surface area contributed by atoms with Gasteiger partial charge in [-0.3, -0.25) is 4.79 Å². The number of urea groups is 1. The van der Waals surface area contributed by atoms with Crippen LogP contribution >= 0.6 is 0 Å². The van der Waals surface area contributed by atoms with Gasteiger partial charge in [-0.05, 0) is 12.1 Å². The number of benzene rings is 1. The number of Topliss-reactive ketones (excluding diaryl/α,β-unsaturated/α-hetero) is 1. The Labute approximate surface area is 139 Å². The Kier molecular flexibility index (Phi) is 4.03. The van der Waals surface area contributed by atoms with E-state index in [4.69, 9.17) is 4.42 Å². The molecule has 9 heteroatoms. The number of nitrogens with one attached hydrogen (secondary N) is 2. The summed E-state index contributed by atoms with van der Waals surface area (Å²) in [6.45, 7) is 0. The van der Waals surface area contributed by atoms with Gasteiger partial charge in [0.2, 0.25) is 5.72 Å². The number of furan rings is 1. The lowest BCUT2D eigenvalue weighted by atomic mass is 9.79. The van der Waals surface area contributed by atoms with Crippen molar-refractivity contribution in [1.29, 1.82) is 0 Å². The molecule has 1 aromatic heterocycles. The third kappa shape index (κ3) is 2.86. The quantitative estimate of drug-likeness (QED) is 0.738. The van der Waals surface area contributed by atoms with Crippen LogP contribution in [0, 0.1) is 5.92 Å². The van der Waals surface area contributed by atoms with E-state index in [0.717, 1.165) is 0 Å². The summed E-state index contributed by atoms with van der Waals surface area (Å²) in [7, 11) is 0. The lowest BCUT2D eigenvalue weighted by Crippen LogP contribution is -2.72. The second-order valence-corrected chi connectivity index (χ2v) is 5.56. The Hall–Kier alpha value is -2.81. The Morgan fingerprint density at radius 3 is 2.40 bits per heavy atom. The van der Waals surface area contributed by atoms with E-state index < -0.39 is 35.7 Å². The summed E-state index contributed by atoms with van der Waals surface area (Å²) in [6, 6.07) is 7.17. The first-order chi connectivity index (χ1) is 11.7. The molecule has 1 aliphatic heterocycles. The largest absolute Gasteiger partial charge is 0.467 e. The second-order valence-electron chi connectivity index (χ2n) is 5.56. The summed E-state index contributed by atoms with van der Waals surface area (Å²) in [6.07, 6.45) is -4.09. The summed E-state index contributed by atoms with van der Waals surface area (Å²) < 4.78 is 45.8. The van der Waals surface area contributed by atoms with Gasteiger partial charge >= 0.3 is 12.2 Å². The smallest absolute Gasteiger partial charge is 0.437 e. The number of hydrogen-bond acceptors (Lipinski definition) is 4. The third-order valence-electron chi connectivity index (χ3n) is 4.00. The Morgan fingerprint density at radius 1 is 1.16 bits per heavy atom. The van der Waals surface area contributed by atoms with E-state index in [1.165, 1.54) is 48.0 Å². The van der Waals surface area contributed by atoms with Crippen LogP contribution in [0.25, 0.3) is 0 Å². The summed E-state index contributed by atoms with van der Waals surface area (Å²) in [5, 5.41) is 13.9. The van der Waals surface area contributed by atoms with Crippen molar-refractivity contribution in [2.45, 2.75) is 17.9 Å². The first kappa shape index (κ1) is 17.0. The molecule has 1 saturated heterocycles. The Morgan fingerprint density at radius 2 is 1.84 bits per heavy atom. The van der Waals surface area contributed by atoms with Crippen molar-refractivity contribution in [1.82, 2.24) is 10.6 Å². The molecule has 2 heterocycles. The summed E-state index contributed by atoms with van der Waals surface area (Å²) in [5.41, 5.74) is -3.79. The van der Waals surface area contributed by atoms with Crippen LogP contribution in [0.2, 0.25) is 0 Å². The molecular formula is C16H13F3N2O4. The fraction of sp³-hybridized carbons (Fsp3) is 0.250. The van der Waals surface area contributed by atoms with Gasteiger partial charge in [0.15, 0.2) is 5.78 Å². The molecule has 2 aromatic rings. The minimum Gasteiger partial charge on any atom is -0.467 e. The number of ketones is 1. The Bertz CT molecular complexity index is 776. The van der Waals surface area contributed by atoms with Crippen molar-refractivity contribution in [3.63, 3.8) is 0 Å². The average molecular weight is 354 g/mol. The monoisotopic (exact) mass is 354 g/mol. The molecule has 3 atom stereocenters. The van der Waals surface area contributed by atoms with Crippen molar-refractivity contribution >= 4 is 11.8 Å². The van der Waals surface area contributed by atoms with Gasteiger partial charge in [-0.1, -0.05) is 30.3 Å². The van der Waals surface area contributed by atoms with E-state index in [2.05, 4.69) is 5.32 Å². The van der Waals surface area contributed by atoms with Gasteiger partial charge in [0.05, 0.1) is 6.26 Å². The molecule has 2 amide bonds. The number of carbonyl (C=O) groups excluding carboxylic acids is 2. The highest BCUT2D eigenvalue weighted by Crippen LogP contribution is 2.43. The van der Waals surface area contributed by atoms with Crippen molar-refractivity contribution < 1.29 is 32.3 Å². The summed E-state index contributed by atoms with van der Waals surface area (Å²) in [4.78, 5) is 24.5. The van der Waals surface area contributed by atoms with Gasteiger partial charge < -0.3 is 20.2 Å². The van der Waals surface area contributed by atoms with E-state index in [1.807, 2.05) is 0 Å². The zero-order valence-corrected chi connectivity index (χ0v) is 12.6. The molecule has 1 aromatic carbocycles. The highest BCUT2D eigenvalue weighted by molar-refractivity contribution is 6.00. The van der Waals surface area contributed by atoms with Crippen molar-refractivity contribution in [2.75, 3.05) is 0 Å². The molecule has 3 N–H and O–H groups in total. The predicted molar refractivity (Wildman–Crippen MR) is 78.4 cm³/mol. The van der Waals surface area contributed by atoms with E-state index >= 15 is 0 Å². The maximum absolute atomic E-state index is 13.6. The maximum atomic E-state index is 13.6. The van der Waals surface area contributed by atoms with Gasteiger partial charge in [-0.2, -0.15) is 13.2 Å². The van der Waals surface area contributed by atoms with Crippen LogP contribution in [-0.4, -0.2) is 28.8 Å². The molecule has 3 rings (SSSR count). The number of halogens is 3. The standard InChI is InChI=1S/C16H13F3N2O4/c17-16(18,19)15(24)11(13(22)9-5-2-1-3-6-9)12(20-14(23)21-15)10-7-4-8-25-10/h1-8,11-12,24H,(H2,20,21,23). The molecule has 0 spiro atoms. The molecule has 132 valence electrons. The number of carbonyl (C=O) groups is 2. The van der Waals surface area contributed by atoms with Crippen LogP contribution in [0.4, 0.5) is 18.0 Å². The fourth-order valence-electron chi connectivity index (χ4n) is 2.83. The molecule has 0 bridgehead atoms. The third-order valence-corrected chi connectivity index (χ3v) is 4.00. The van der Waals surface area contributed by atoms with Crippen molar-refractivity contribution in [3.8, 4) is 0 Å². The van der Waals surface area contributed by atoms with Crippen LogP contribution in [0.1, 0.15) is 22.2 Å². The maximum Gasteiger partial charge on any atom is 0.437 e. The van der Waals surface area contributed by atoms with Crippen LogP contribution in [-0.2, 0) is 0 Å². The molecule has 0 aliphatic carbocycles. The zero-order valence-electron chi connectivity index (χ0n) is 12.6. The normalized spacial score (nSPS) is 26.6. The minimum absolute atomic E-state index is 0.0373. The average Bonchev–Trinajstić information content (AvgIpc) is 3.08. The van der Waals surface area contributed by atoms with Crippen LogP contribution in [0.5, 0.6) is 0 Å². The molecule has 6 nitrogen and oxygen atoms in total. The lowest BCUT2D eigenvalue weighted by molar-refractivity contribution is -0.288. The van der Waals surface area contributed by atoms with Gasteiger partial charge in [0.1, 0.15) is 17.7 Å². The highest BCUT2D eigenvalue weighted by Gasteiger charge is 2.66. The molecule has 0 saturated carbocycles. The number of amides is 2. The topological polar surface area (TPSA) is 91.6 Å². The summed E-state index contributed by atoms with van der Waals surface area (Å²) >= 11 is 0. The first-order valence-corrected chi connectivity index (χ1v) is 7.24. The van der Waals surface area contributed by atoms with Gasteiger partial charge in [-0.25, -0.2) is 4.79 Å². The number of aliphatic hydroxyl groups is 1. The van der Waals surface area contributed by atoms with Crippen molar-refractivity contribution in [2.24, 2.45) is 5.92 Å². The van der Waals surface area contributed by atoms with Crippen molar-refractivity contribution in [3.05, 3.63) is 60.1 Å². The fourth-order valence-corrected chi connectivity index (χ4v) is 2.83. The van der Waals surface area contributed by atoms with Gasteiger partial charge in [0, 0.05) is 5.56 Å². The zero-order chi connectivity index (χ0) is 18.2. The Balaban J connectivity index is 2.14. The molecule has 25 heavy (non-hydrogen) atoms. The van der Waals surface area contributed by atoms with Gasteiger partial charge in [0.25, 0.3) is 0 Å². The van der Waals surface area contributed by atoms with Crippen LogP contribution < -0.4 is 10.6 Å². The number of alkyl halides is 3. The van der Waals surface area contributed by atoms with E-state index in [0.29, 0.717) is 0 Å². The summed E-state index contributed by atoms with van der Waals surface area (Å²) in [5.74, 6) is -3.15.